The minimum atomic E-state index is -0.838. The maximum Gasteiger partial charge on any atom is 0.279 e. The molecule has 4 nitrogen and oxygen atoms in total. The molecule has 0 aliphatic heterocycles. The van der Waals surface area contributed by atoms with Gasteiger partial charge in [-0.1, -0.05) is 60.7 Å². The van der Waals surface area contributed by atoms with Gasteiger partial charge in [0.05, 0.1) is 12.2 Å². The molecule has 0 aliphatic carbocycles. The van der Waals surface area contributed by atoms with E-state index in [2.05, 4.69) is 6.58 Å². The number of aliphatic hydroxyl groups excluding tert-OH is 1. The Bertz CT molecular complexity index is 878. The van der Waals surface area contributed by atoms with Crippen LogP contribution in [0.5, 0.6) is 0 Å². The smallest absolute Gasteiger partial charge is 0.279 e. The minimum Gasteiger partial charge on any atom is -0.394 e. The number of amides is 1. The van der Waals surface area contributed by atoms with Crippen molar-refractivity contribution in [1.82, 2.24) is 5.06 Å². The second kappa shape index (κ2) is 6.43. The summed E-state index contributed by atoms with van der Waals surface area (Å²) in [4.78, 5) is 13.0. The molecule has 1 unspecified atom stereocenters. The van der Waals surface area contributed by atoms with Gasteiger partial charge in [-0.15, -0.1) is 0 Å². The fourth-order valence-electron chi connectivity index (χ4n) is 2.94. The first-order valence-electron chi connectivity index (χ1n) is 7.73. The van der Waals surface area contributed by atoms with Crippen LogP contribution in [0, 0.1) is 0 Å². The van der Waals surface area contributed by atoms with Crippen LogP contribution in [-0.2, 0) is 0 Å². The molecule has 0 saturated carbocycles. The van der Waals surface area contributed by atoms with E-state index in [9.17, 15) is 15.1 Å². The van der Waals surface area contributed by atoms with Crippen LogP contribution < -0.4 is 0 Å². The van der Waals surface area contributed by atoms with E-state index in [-0.39, 0.29) is 6.61 Å². The highest BCUT2D eigenvalue weighted by atomic mass is 16.5. The third kappa shape index (κ3) is 2.66. The number of hydroxylamine groups is 2. The third-order valence-electron chi connectivity index (χ3n) is 4.23. The summed E-state index contributed by atoms with van der Waals surface area (Å²) in [6.45, 7) is 5.01. The summed E-state index contributed by atoms with van der Waals surface area (Å²) >= 11 is 0. The second-order valence-electron chi connectivity index (χ2n) is 5.89. The largest absolute Gasteiger partial charge is 0.394 e. The van der Waals surface area contributed by atoms with E-state index in [0.29, 0.717) is 16.2 Å². The van der Waals surface area contributed by atoms with Gasteiger partial charge in [-0.25, -0.2) is 5.06 Å². The minimum absolute atomic E-state index is 0.389. The first kappa shape index (κ1) is 16.2. The Morgan fingerprint density at radius 3 is 2.04 bits per heavy atom. The van der Waals surface area contributed by atoms with Gasteiger partial charge in [0.2, 0.25) is 0 Å². The summed E-state index contributed by atoms with van der Waals surface area (Å²) in [5.41, 5.74) is 0.934. The molecule has 4 heteroatoms. The van der Waals surface area contributed by atoms with Crippen molar-refractivity contribution in [3.05, 3.63) is 72.3 Å². The molecule has 122 valence electrons. The fraction of sp³-hybridized carbons (Fsp3) is 0.150. The summed E-state index contributed by atoms with van der Waals surface area (Å²) in [5, 5.41) is 23.8. The SMILES string of the molecule is C=C(C)C(CO)N(O)C(=O)c1c2ccccc2cc2ccccc12. The van der Waals surface area contributed by atoms with Gasteiger partial charge < -0.3 is 5.11 Å². The highest BCUT2D eigenvalue weighted by Gasteiger charge is 2.26. The molecule has 0 aliphatic rings. The van der Waals surface area contributed by atoms with Crippen LogP contribution in [0.4, 0.5) is 0 Å². The van der Waals surface area contributed by atoms with Gasteiger partial charge in [0.25, 0.3) is 5.91 Å². The van der Waals surface area contributed by atoms with Gasteiger partial charge in [0.15, 0.2) is 0 Å². The monoisotopic (exact) mass is 321 g/mol. The molecule has 0 bridgehead atoms. The Balaban J connectivity index is 2.26. The summed E-state index contributed by atoms with van der Waals surface area (Å²) in [6.07, 6.45) is 0. The highest BCUT2D eigenvalue weighted by Crippen LogP contribution is 2.30. The zero-order chi connectivity index (χ0) is 17.3. The highest BCUT2D eigenvalue weighted by molar-refractivity contribution is 6.18. The molecule has 3 aromatic rings. The predicted octanol–water partition coefficient (Wildman–Crippen LogP) is 3.76. The topological polar surface area (TPSA) is 60.8 Å². The van der Waals surface area contributed by atoms with Crippen molar-refractivity contribution in [2.24, 2.45) is 0 Å². The van der Waals surface area contributed by atoms with E-state index in [1.165, 1.54) is 0 Å². The number of nitrogens with zero attached hydrogens (tertiary/aromatic N) is 1. The summed E-state index contributed by atoms with van der Waals surface area (Å²) in [5.74, 6) is -0.551. The molecular weight excluding hydrogens is 302 g/mol. The third-order valence-corrected chi connectivity index (χ3v) is 4.23. The molecule has 1 amide bonds. The van der Waals surface area contributed by atoms with Gasteiger partial charge in [-0.2, -0.15) is 0 Å². The molecular formula is C20H19NO3. The zero-order valence-corrected chi connectivity index (χ0v) is 13.4. The molecule has 2 N–H and O–H groups in total. The average molecular weight is 321 g/mol. The van der Waals surface area contributed by atoms with Crippen molar-refractivity contribution in [3.8, 4) is 0 Å². The molecule has 0 radical (unpaired) electrons. The molecule has 0 fully saturated rings. The molecule has 0 saturated heterocycles. The van der Waals surface area contributed by atoms with E-state index >= 15 is 0 Å². The van der Waals surface area contributed by atoms with Gasteiger partial charge in [0, 0.05) is 0 Å². The number of benzene rings is 3. The number of aliphatic hydroxyl groups is 1. The predicted molar refractivity (Wildman–Crippen MR) is 95.1 cm³/mol. The van der Waals surface area contributed by atoms with E-state index in [0.717, 1.165) is 21.5 Å². The normalized spacial score (nSPS) is 12.3. The van der Waals surface area contributed by atoms with E-state index in [1.807, 2.05) is 54.6 Å². The van der Waals surface area contributed by atoms with E-state index < -0.39 is 11.9 Å². The summed E-state index contributed by atoms with van der Waals surface area (Å²) < 4.78 is 0. The molecule has 0 heterocycles. The van der Waals surface area contributed by atoms with Crippen LogP contribution in [0.2, 0.25) is 0 Å². The number of fused-ring (bicyclic) bond motifs is 2. The van der Waals surface area contributed by atoms with Crippen LogP contribution in [0.15, 0.2) is 66.7 Å². The van der Waals surface area contributed by atoms with E-state index in [4.69, 9.17) is 0 Å². The first-order valence-corrected chi connectivity index (χ1v) is 7.73. The molecule has 3 aromatic carbocycles. The van der Waals surface area contributed by atoms with Crippen LogP contribution in [0.3, 0.4) is 0 Å². The quantitative estimate of drug-likeness (QED) is 0.333. The van der Waals surface area contributed by atoms with Crippen molar-refractivity contribution in [1.29, 1.82) is 0 Å². The Kier molecular flexibility index (Phi) is 4.34. The summed E-state index contributed by atoms with van der Waals surface area (Å²) in [7, 11) is 0. The maximum atomic E-state index is 13.0. The van der Waals surface area contributed by atoms with Gasteiger partial charge >= 0.3 is 0 Å². The maximum absolute atomic E-state index is 13.0. The van der Waals surface area contributed by atoms with Crippen molar-refractivity contribution in [2.45, 2.75) is 13.0 Å². The lowest BCUT2D eigenvalue weighted by molar-refractivity contribution is -0.0891. The second-order valence-corrected chi connectivity index (χ2v) is 5.89. The first-order chi connectivity index (χ1) is 11.5. The standard InChI is InChI=1S/C20H19NO3/c1-13(2)18(12-22)21(24)20(23)19-16-9-5-3-7-14(16)11-15-8-4-6-10-17(15)19/h3-11,18,22,24H,1,12H2,2H3. The van der Waals surface area contributed by atoms with Gasteiger partial charge in [-0.05, 0) is 34.5 Å². The van der Waals surface area contributed by atoms with Crippen molar-refractivity contribution in [2.75, 3.05) is 6.61 Å². The number of hydrogen-bond acceptors (Lipinski definition) is 3. The molecule has 1 atom stereocenters. The van der Waals surface area contributed by atoms with Crippen molar-refractivity contribution in [3.63, 3.8) is 0 Å². The van der Waals surface area contributed by atoms with Crippen LogP contribution in [-0.4, -0.2) is 33.9 Å². The molecule has 0 spiro atoms. The molecule has 24 heavy (non-hydrogen) atoms. The fourth-order valence-corrected chi connectivity index (χ4v) is 2.94. The Labute approximate surface area is 140 Å². The van der Waals surface area contributed by atoms with Crippen LogP contribution in [0.1, 0.15) is 17.3 Å². The molecule has 3 rings (SSSR count). The summed E-state index contributed by atoms with van der Waals surface area (Å²) in [6, 6.07) is 16.3. The van der Waals surface area contributed by atoms with Crippen molar-refractivity contribution >= 4 is 27.5 Å². The van der Waals surface area contributed by atoms with Gasteiger partial charge in [-0.3, -0.25) is 10.0 Å². The Hall–Kier alpha value is -2.69. The van der Waals surface area contributed by atoms with Gasteiger partial charge in [0.1, 0.15) is 6.04 Å². The number of rotatable bonds is 4. The van der Waals surface area contributed by atoms with Crippen molar-refractivity contribution < 1.29 is 15.1 Å². The van der Waals surface area contributed by atoms with Crippen LogP contribution >= 0.6 is 0 Å². The Morgan fingerprint density at radius 1 is 1.08 bits per heavy atom. The molecule has 0 aromatic heterocycles. The number of carbonyl (C=O) groups is 1. The van der Waals surface area contributed by atoms with Crippen LogP contribution in [0.25, 0.3) is 21.5 Å². The Morgan fingerprint density at radius 2 is 1.58 bits per heavy atom. The lowest BCUT2D eigenvalue weighted by Crippen LogP contribution is -2.40. The lowest BCUT2D eigenvalue weighted by atomic mass is 9.95. The average Bonchev–Trinajstić information content (AvgIpc) is 2.59. The number of hydrogen-bond donors (Lipinski definition) is 2. The number of carbonyl (C=O) groups excluding carboxylic acids is 1. The lowest BCUT2D eigenvalue weighted by Gasteiger charge is -2.25. The zero-order valence-electron chi connectivity index (χ0n) is 13.4. The van der Waals surface area contributed by atoms with E-state index in [1.54, 1.807) is 6.92 Å².